The van der Waals surface area contributed by atoms with Crippen molar-refractivity contribution in [3.8, 4) is 0 Å². The molecule has 0 aromatic heterocycles. The van der Waals surface area contributed by atoms with Crippen molar-refractivity contribution >= 4 is 15.0 Å². The van der Waals surface area contributed by atoms with Crippen molar-refractivity contribution in [3.05, 3.63) is 12.7 Å². The van der Waals surface area contributed by atoms with Crippen molar-refractivity contribution in [1.82, 2.24) is 0 Å². The van der Waals surface area contributed by atoms with E-state index in [2.05, 4.69) is 6.58 Å². The third-order valence-corrected chi connectivity index (χ3v) is 3.73. The molecule has 5 nitrogen and oxygen atoms in total. The van der Waals surface area contributed by atoms with Gasteiger partial charge in [-0.05, 0) is 20.8 Å². The molecule has 0 bridgehead atoms. The van der Waals surface area contributed by atoms with Gasteiger partial charge in [0.2, 0.25) is 0 Å². The van der Waals surface area contributed by atoms with Gasteiger partial charge in [0.25, 0.3) is 0 Å². The first-order valence-corrected chi connectivity index (χ1v) is 6.54. The topological polar surface area (TPSA) is 54.0 Å². The van der Waals surface area contributed by atoms with E-state index < -0.39 is 15.0 Å². The Morgan fingerprint density at radius 1 is 1.12 bits per heavy atom. The van der Waals surface area contributed by atoms with Crippen LogP contribution in [0.15, 0.2) is 12.7 Å². The third-order valence-electron chi connectivity index (χ3n) is 1.36. The molecule has 0 unspecified atom stereocenters. The summed E-state index contributed by atoms with van der Waals surface area (Å²) in [5.74, 6) is -0.600. The van der Waals surface area contributed by atoms with Crippen LogP contribution in [-0.4, -0.2) is 34.8 Å². The first-order valence-electron chi connectivity index (χ1n) is 4.91. The Kier molecular flexibility index (Phi) is 11.6. The first-order chi connectivity index (χ1) is 7.14. The number of rotatable bonds is 8. The van der Waals surface area contributed by atoms with Crippen LogP contribution < -0.4 is 0 Å². The second-order valence-corrected chi connectivity index (χ2v) is 4.49. The van der Waals surface area contributed by atoms with Crippen LogP contribution in [0.4, 0.5) is 0 Å². The summed E-state index contributed by atoms with van der Waals surface area (Å²) in [5, 5.41) is 0. The van der Waals surface area contributed by atoms with E-state index in [4.69, 9.17) is 17.7 Å². The van der Waals surface area contributed by atoms with Crippen molar-refractivity contribution < 1.29 is 42.0 Å². The van der Waals surface area contributed by atoms with Gasteiger partial charge in [-0.15, -0.1) is 0 Å². The molecular weight excluding hydrogens is 317 g/mol. The van der Waals surface area contributed by atoms with Crippen LogP contribution in [0.25, 0.3) is 0 Å². The fourth-order valence-corrected chi connectivity index (χ4v) is 2.73. The fraction of sp³-hybridized carbons (Fsp3) is 0.667. The predicted octanol–water partition coefficient (Wildman–Crippen LogP) is 1.26. The molecule has 0 rings (SSSR count). The number of carbonyl (C=O) groups is 1. The molecule has 0 aliphatic carbocycles. The summed E-state index contributed by atoms with van der Waals surface area (Å²) in [6.45, 7) is 9.72. The molecule has 7 heteroatoms. The molecule has 0 heterocycles. The van der Waals surface area contributed by atoms with Gasteiger partial charge in [-0.2, -0.15) is 0 Å². The van der Waals surface area contributed by atoms with E-state index in [-0.39, 0.29) is 19.5 Å². The molecular formula is C9H18O5RuSi. The average molecular weight is 335 g/mol. The Bertz CT molecular complexity index is 195. The molecule has 0 saturated carbocycles. The smallest absolute Gasteiger partial charge is 0.449 e. The molecule has 96 valence electrons. The largest absolute Gasteiger partial charge is 0.751 e. The van der Waals surface area contributed by atoms with E-state index in [0.29, 0.717) is 19.8 Å². The molecule has 0 aromatic rings. The molecule has 0 fully saturated rings. The second kappa shape index (κ2) is 10.1. The van der Waals surface area contributed by atoms with Crippen LogP contribution in [0.1, 0.15) is 20.8 Å². The van der Waals surface area contributed by atoms with Crippen molar-refractivity contribution in [2.24, 2.45) is 0 Å². The summed E-state index contributed by atoms with van der Waals surface area (Å²) in [5.41, 5.74) is 0. The van der Waals surface area contributed by atoms with Crippen LogP contribution in [0.2, 0.25) is 0 Å². The van der Waals surface area contributed by atoms with Gasteiger partial charge in [-0.1, -0.05) is 6.58 Å². The van der Waals surface area contributed by atoms with E-state index in [9.17, 15) is 4.79 Å². The van der Waals surface area contributed by atoms with Gasteiger partial charge in [0.1, 0.15) is 0 Å². The minimum atomic E-state index is -3.30. The number of carbonyl (C=O) groups excluding carboxylic acids is 1. The van der Waals surface area contributed by atoms with Crippen LogP contribution in [0.5, 0.6) is 0 Å². The van der Waals surface area contributed by atoms with Gasteiger partial charge in [0.15, 0.2) is 0 Å². The summed E-state index contributed by atoms with van der Waals surface area (Å²) in [6.07, 6.45) is 1.05. The van der Waals surface area contributed by atoms with Crippen molar-refractivity contribution in [2.45, 2.75) is 20.8 Å². The molecule has 0 aliphatic heterocycles. The van der Waals surface area contributed by atoms with Gasteiger partial charge < -0.3 is 17.7 Å². The van der Waals surface area contributed by atoms with Gasteiger partial charge in [-0.3, -0.25) is 0 Å². The predicted molar refractivity (Wildman–Crippen MR) is 56.9 cm³/mol. The zero-order valence-electron chi connectivity index (χ0n) is 9.80. The maximum Gasteiger partial charge on any atom is 0.751 e. The third kappa shape index (κ3) is 6.50. The molecule has 16 heavy (non-hydrogen) atoms. The summed E-state index contributed by atoms with van der Waals surface area (Å²) in [4.78, 5) is 11.1. The summed E-state index contributed by atoms with van der Waals surface area (Å²) in [7, 11) is -3.30. The van der Waals surface area contributed by atoms with E-state index in [1.807, 2.05) is 0 Å². The van der Waals surface area contributed by atoms with E-state index >= 15 is 0 Å². The Hall–Kier alpha value is -0.0697. The van der Waals surface area contributed by atoms with E-state index in [0.717, 1.165) is 6.08 Å². The Balaban J connectivity index is 0. The average Bonchev–Trinajstić information content (AvgIpc) is 2.18. The monoisotopic (exact) mass is 336 g/mol. The van der Waals surface area contributed by atoms with Crippen molar-refractivity contribution in [1.29, 1.82) is 0 Å². The zero-order valence-corrected chi connectivity index (χ0v) is 12.5. The summed E-state index contributed by atoms with van der Waals surface area (Å²) < 4.78 is 20.9. The summed E-state index contributed by atoms with van der Waals surface area (Å²) in [6, 6.07) is 0. The number of hydrogen-bond donors (Lipinski definition) is 0. The molecule has 0 spiro atoms. The molecule has 0 saturated heterocycles. The summed E-state index contributed by atoms with van der Waals surface area (Å²) >= 11 is 0. The van der Waals surface area contributed by atoms with Crippen molar-refractivity contribution in [2.75, 3.05) is 19.8 Å². The Labute approximate surface area is 110 Å². The maximum absolute atomic E-state index is 11.1. The molecule has 0 amide bonds. The molecule has 0 aromatic carbocycles. The molecule has 0 aliphatic rings. The normalized spacial score (nSPS) is 10.4. The molecule has 0 atom stereocenters. The maximum atomic E-state index is 11.1. The Morgan fingerprint density at radius 3 is 1.75 bits per heavy atom. The van der Waals surface area contributed by atoms with Crippen LogP contribution in [0.3, 0.4) is 0 Å². The Morgan fingerprint density at radius 2 is 1.50 bits per heavy atom. The van der Waals surface area contributed by atoms with E-state index in [1.165, 1.54) is 0 Å². The first kappa shape index (κ1) is 18.3. The fourth-order valence-electron chi connectivity index (χ4n) is 0.909. The molecule has 0 N–H and O–H groups in total. The van der Waals surface area contributed by atoms with Crippen LogP contribution in [0, 0.1) is 0 Å². The van der Waals surface area contributed by atoms with Crippen LogP contribution in [-0.2, 0) is 42.0 Å². The van der Waals surface area contributed by atoms with E-state index in [1.54, 1.807) is 20.8 Å². The van der Waals surface area contributed by atoms with Crippen LogP contribution >= 0.6 is 0 Å². The van der Waals surface area contributed by atoms with Gasteiger partial charge in [0.05, 0.1) is 0 Å². The zero-order chi connectivity index (χ0) is 11.7. The minimum Gasteiger partial charge on any atom is -0.449 e. The van der Waals surface area contributed by atoms with Gasteiger partial charge in [0, 0.05) is 45.4 Å². The SMILES string of the molecule is C=CC(=O)O[Si](OCC)(OCC)OCC.[Ru]. The van der Waals surface area contributed by atoms with Gasteiger partial charge in [-0.25, -0.2) is 4.79 Å². The van der Waals surface area contributed by atoms with Crippen molar-refractivity contribution in [3.63, 3.8) is 0 Å². The quantitative estimate of drug-likeness (QED) is 0.494. The number of hydrogen-bond acceptors (Lipinski definition) is 5. The molecule has 0 radical (unpaired) electrons. The minimum absolute atomic E-state index is 0. The van der Waals surface area contributed by atoms with Gasteiger partial charge >= 0.3 is 15.0 Å². The second-order valence-electron chi connectivity index (χ2n) is 2.42. The standard InChI is InChI=1S/C9H18O5Si.Ru/c1-5-9(10)14-15(11-6-2,12-7-3)13-8-4;/h5H,1,6-8H2,2-4H3;.